The number of nitro groups is 2. The van der Waals surface area contributed by atoms with Crippen molar-refractivity contribution >= 4 is 63.0 Å². The lowest BCUT2D eigenvalue weighted by molar-refractivity contribution is -0.419. The van der Waals surface area contributed by atoms with E-state index in [4.69, 9.17) is 39.0 Å². The van der Waals surface area contributed by atoms with Gasteiger partial charge in [0.05, 0.1) is 64.7 Å². The second-order valence-corrected chi connectivity index (χ2v) is 15.4. The third kappa shape index (κ3) is 14.1. The zero-order chi connectivity index (χ0) is 56.6. The minimum absolute atomic E-state index is 0.124. The number of hydrogen-bond donors (Lipinski definition) is 3. The molecular formula is C48H33ClF5N19O5. The number of fused-ring (bicyclic) bond motifs is 4. The average Bonchev–Trinajstić information content (AvgIpc) is 4.28. The van der Waals surface area contributed by atoms with Crippen LogP contribution in [0.25, 0.3) is 34.1 Å². The molecule has 0 spiro atoms. The Morgan fingerprint density at radius 1 is 0.692 bits per heavy atom. The van der Waals surface area contributed by atoms with Crippen molar-refractivity contribution in [3.05, 3.63) is 218 Å². The molecule has 11 rings (SSSR count). The van der Waals surface area contributed by atoms with Crippen LogP contribution in [0.15, 0.2) is 152 Å². The lowest BCUT2D eigenvalue weighted by atomic mass is 10.1. The Bertz CT molecular complexity index is 4050. The van der Waals surface area contributed by atoms with E-state index in [2.05, 4.69) is 39.9 Å². The van der Waals surface area contributed by atoms with Crippen LogP contribution in [0.3, 0.4) is 0 Å². The van der Waals surface area contributed by atoms with Gasteiger partial charge in [0, 0.05) is 30.9 Å². The van der Waals surface area contributed by atoms with Gasteiger partial charge in [-0.3, -0.25) is 53.0 Å². The molecule has 0 fully saturated rings. The Labute approximate surface area is 438 Å². The molecule has 0 aliphatic carbocycles. The first-order valence-electron chi connectivity index (χ1n) is 21.6. The minimum Gasteiger partial charge on any atom is -0.384 e. The maximum Gasteiger partial charge on any atom is 0.330 e. The predicted molar refractivity (Wildman–Crippen MR) is 269 cm³/mol. The fraction of sp³-hybridized carbons (Fsp3) is 0.0417. The quantitative estimate of drug-likeness (QED) is 0.0281. The molecular weight excluding hydrogens is 1050 g/mol. The summed E-state index contributed by atoms with van der Waals surface area (Å²) in [5.41, 5.74) is 13.5. The van der Waals surface area contributed by atoms with Gasteiger partial charge in [-0.2, -0.15) is 10.5 Å². The van der Waals surface area contributed by atoms with E-state index in [0.717, 1.165) is 18.6 Å². The molecule has 11 heterocycles. The van der Waals surface area contributed by atoms with Crippen molar-refractivity contribution in [2.24, 2.45) is 10.7 Å². The number of nitriles is 2. The van der Waals surface area contributed by atoms with Gasteiger partial charge in [-0.05, 0) is 67.6 Å². The minimum atomic E-state index is -0.767. The van der Waals surface area contributed by atoms with Gasteiger partial charge in [0.25, 0.3) is 0 Å². The molecule has 392 valence electrons. The van der Waals surface area contributed by atoms with Crippen molar-refractivity contribution in [1.82, 2.24) is 52.5 Å². The smallest absolute Gasteiger partial charge is 0.330 e. The number of nitrogens with two attached hydrogens (primary N) is 2. The van der Waals surface area contributed by atoms with E-state index in [1.807, 2.05) is 19.1 Å². The van der Waals surface area contributed by atoms with Crippen molar-refractivity contribution in [2.45, 2.75) is 13.3 Å². The number of amidine groups is 1. The second-order valence-electron chi connectivity index (χ2n) is 15.0. The Balaban J connectivity index is 0.000000159. The third-order valence-electron chi connectivity index (χ3n) is 9.86. The number of halogens is 6. The molecule has 30 heteroatoms. The third-order valence-corrected chi connectivity index (χ3v) is 10.1. The highest BCUT2D eigenvalue weighted by Gasteiger charge is 2.28. The van der Waals surface area contributed by atoms with E-state index in [1.165, 1.54) is 134 Å². The van der Waals surface area contributed by atoms with E-state index in [-0.39, 0.29) is 40.7 Å². The molecule has 10 aromatic rings. The van der Waals surface area contributed by atoms with Gasteiger partial charge < -0.3 is 11.5 Å². The highest BCUT2D eigenvalue weighted by molar-refractivity contribution is 6.31. The molecule has 0 unspecified atom stereocenters. The Morgan fingerprint density at radius 3 is 1.68 bits per heavy atom. The molecule has 0 atom stereocenters. The maximum atomic E-state index is 13.3. The molecule has 78 heavy (non-hydrogen) atoms. The highest BCUT2D eigenvalue weighted by Crippen LogP contribution is 2.25. The summed E-state index contributed by atoms with van der Waals surface area (Å²) in [5.74, 6) is -2.33. The second kappa shape index (κ2) is 25.6. The van der Waals surface area contributed by atoms with E-state index < -0.39 is 38.6 Å². The number of aliphatic imine (C=N–C) groups is 1. The normalized spacial score (nSPS) is 11.4. The zero-order valence-electron chi connectivity index (χ0n) is 39.6. The number of nitrogens with one attached hydrogen (secondary N) is 1. The lowest BCUT2D eigenvalue weighted by Crippen LogP contribution is -2.20. The predicted octanol–water partition coefficient (Wildman–Crippen LogP) is 7.84. The van der Waals surface area contributed by atoms with Crippen LogP contribution in [0.1, 0.15) is 30.4 Å². The van der Waals surface area contributed by atoms with Crippen molar-refractivity contribution in [3.8, 4) is 23.7 Å². The van der Waals surface area contributed by atoms with Gasteiger partial charge >= 0.3 is 11.4 Å². The summed E-state index contributed by atoms with van der Waals surface area (Å²) < 4.78 is 69.7. The molecule has 1 aliphatic heterocycles. The summed E-state index contributed by atoms with van der Waals surface area (Å²) >= 11 is 5.73. The number of rotatable bonds is 5. The van der Waals surface area contributed by atoms with Crippen molar-refractivity contribution in [1.29, 1.82) is 15.9 Å². The number of Topliss-reactive ketones (excluding diaryl/α,β-unsaturated/α-hetero) is 1. The molecule has 24 nitrogen and oxygen atoms in total. The van der Waals surface area contributed by atoms with Gasteiger partial charge in [0.1, 0.15) is 98.9 Å². The number of anilines is 1. The summed E-state index contributed by atoms with van der Waals surface area (Å²) in [6, 6.07) is 17.6. The number of carbonyl (C=O) groups excluding carboxylic acids is 1. The number of hydrogen-bond acceptors (Lipinski definition) is 17. The Morgan fingerprint density at radius 2 is 1.21 bits per heavy atom. The monoisotopic (exact) mass is 1090 g/mol. The number of allylic oxidation sites excluding steroid dienone is 3. The molecule has 0 bridgehead atoms. The molecule has 5 N–H and O–H groups in total. The van der Waals surface area contributed by atoms with Crippen LogP contribution in [0.2, 0.25) is 5.15 Å². The van der Waals surface area contributed by atoms with Crippen molar-refractivity contribution in [3.63, 3.8) is 0 Å². The van der Waals surface area contributed by atoms with E-state index >= 15 is 0 Å². The van der Waals surface area contributed by atoms with Gasteiger partial charge in [0.15, 0.2) is 5.82 Å². The van der Waals surface area contributed by atoms with Gasteiger partial charge in [-0.15, -0.1) is 0 Å². The van der Waals surface area contributed by atoms with E-state index in [9.17, 15) is 47.0 Å². The van der Waals surface area contributed by atoms with Crippen molar-refractivity contribution in [2.75, 3.05) is 5.73 Å². The van der Waals surface area contributed by atoms with Crippen LogP contribution in [-0.4, -0.2) is 79.7 Å². The summed E-state index contributed by atoms with van der Waals surface area (Å²) in [5, 5.41) is 44.5. The van der Waals surface area contributed by atoms with Crippen LogP contribution < -0.4 is 11.5 Å². The highest BCUT2D eigenvalue weighted by atomic mass is 35.5. The molecule has 0 saturated heterocycles. The van der Waals surface area contributed by atoms with Crippen LogP contribution in [-0.2, 0) is 4.79 Å². The zero-order valence-corrected chi connectivity index (χ0v) is 40.4. The largest absolute Gasteiger partial charge is 0.384 e. The summed E-state index contributed by atoms with van der Waals surface area (Å²) in [4.78, 5) is 62.5. The fourth-order valence-electron chi connectivity index (χ4n) is 6.35. The SMILES string of the molecule is C/C=C/C#N.N#Cc1cnc2ccc(F)cn12.N=C(N)c1cnc2ccc(F)cn12.Nc1ccc(F)cn1.O=C1CC(c2cnc3ccc(F)cn23)=NC=C1[N+](=O)[O-].O=[N+]([O-])c1cnc(-c2cnc3ccc(F)cn23)nc1Cl. The molecule has 0 radical (unpaired) electrons. The number of carbonyl (C=O) groups is 1. The van der Waals surface area contributed by atoms with Crippen LogP contribution in [0.4, 0.5) is 33.5 Å². The number of ketones is 1. The van der Waals surface area contributed by atoms with Crippen LogP contribution in [0, 0.1) is 77.4 Å². The molecule has 0 saturated carbocycles. The first-order valence-corrected chi connectivity index (χ1v) is 21.9. The summed E-state index contributed by atoms with van der Waals surface area (Å²) in [6.07, 6.45) is 16.6. The standard InChI is InChI=1S/C12H7FN4O3.C11H5ClFN5O2.C8H7FN4.C8H4FN3.C5H5FN2.C4H5N/c13-7-1-2-12-15-4-9(16(12)6-7)8-3-11(18)10(5-14-8)17(19)20;12-10-7(18(19)20)3-15-11(16-10)8-4-14-9-2-1-6(13)5-17(8)9;9-5-1-2-7-12-3-6(8(10)11)13(7)4-5;9-6-1-2-8-11-4-7(3-10)12(8)5-6;6-4-1-2-5(7)8-3-4;1-2-3-4-5/h1-2,4-6H,3H2;1-5H;1-4H,(H3,10,11);1-2,4-5H;1-3H,(H2,7,8);2-3H,1H3/b;;;;;3-2+. The summed E-state index contributed by atoms with van der Waals surface area (Å²) in [7, 11) is 0. The summed E-state index contributed by atoms with van der Waals surface area (Å²) in [6.45, 7) is 1.81. The van der Waals surface area contributed by atoms with E-state index in [0.29, 0.717) is 56.9 Å². The first kappa shape index (κ1) is 56.1. The molecule has 10 aromatic heterocycles. The average molecular weight is 1090 g/mol. The van der Waals surface area contributed by atoms with Crippen LogP contribution >= 0.6 is 11.6 Å². The molecule has 1 aliphatic rings. The number of imidazole rings is 4. The van der Waals surface area contributed by atoms with Crippen LogP contribution in [0.5, 0.6) is 0 Å². The Kier molecular flexibility index (Phi) is 18.4. The number of aromatic nitrogens is 11. The number of nitrogen functional groups attached to an aromatic ring is 2. The first-order chi connectivity index (χ1) is 37.3. The van der Waals surface area contributed by atoms with Gasteiger partial charge in [0.2, 0.25) is 10.9 Å². The molecule has 0 amide bonds. The fourth-order valence-corrected chi connectivity index (χ4v) is 6.54. The van der Waals surface area contributed by atoms with Gasteiger partial charge in [-0.1, -0.05) is 17.7 Å². The lowest BCUT2D eigenvalue weighted by Gasteiger charge is -2.07. The number of pyridine rings is 5. The Hall–Kier alpha value is -11.2. The van der Waals surface area contributed by atoms with Gasteiger partial charge in [-0.25, -0.2) is 56.8 Å². The molecule has 0 aromatic carbocycles. The topological polar surface area (TPSA) is 347 Å². The van der Waals surface area contributed by atoms with E-state index in [1.54, 1.807) is 6.08 Å². The maximum absolute atomic E-state index is 13.3. The van der Waals surface area contributed by atoms with Crippen molar-refractivity contribution < 1.29 is 36.6 Å². The number of nitrogens with zero attached hydrogens (tertiary/aromatic N) is 16.